The third-order valence-corrected chi connectivity index (χ3v) is 5.31. The number of hydrogen-bond donors (Lipinski definition) is 3. The van der Waals surface area contributed by atoms with Gasteiger partial charge in [0, 0.05) is 18.6 Å². The second-order valence-corrected chi connectivity index (χ2v) is 7.52. The largest absolute Gasteiger partial charge is 0.486 e. The van der Waals surface area contributed by atoms with Crippen LogP contribution in [0.5, 0.6) is 11.5 Å². The lowest BCUT2D eigenvalue weighted by molar-refractivity contribution is -0.139. The number of nitrogens with zero attached hydrogens (tertiary/aromatic N) is 1. The van der Waals surface area contributed by atoms with Crippen molar-refractivity contribution in [1.29, 1.82) is 0 Å². The van der Waals surface area contributed by atoms with E-state index in [1.165, 1.54) is 12.8 Å². The molecule has 2 amide bonds. The van der Waals surface area contributed by atoms with Gasteiger partial charge < -0.3 is 25.2 Å². The molecule has 0 bridgehead atoms. The molecule has 2 saturated carbocycles. The summed E-state index contributed by atoms with van der Waals surface area (Å²) in [4.78, 5) is 25.5. The Hall–Kier alpha value is -2.48. The Morgan fingerprint density at radius 2 is 1.96 bits per heavy atom. The van der Waals surface area contributed by atoms with E-state index in [9.17, 15) is 9.59 Å². The number of anilines is 1. The van der Waals surface area contributed by atoms with Crippen molar-refractivity contribution < 1.29 is 24.2 Å². The number of rotatable bonds is 7. The van der Waals surface area contributed by atoms with Crippen molar-refractivity contribution in [1.82, 2.24) is 10.2 Å². The number of aliphatic carboxylic acids is 1. The fourth-order valence-electron chi connectivity index (χ4n) is 3.67. The van der Waals surface area contributed by atoms with Crippen LogP contribution in [0, 0.1) is 5.92 Å². The molecular weight excluding hydrogens is 350 g/mol. The Morgan fingerprint density at radius 1 is 1.19 bits per heavy atom. The van der Waals surface area contributed by atoms with Gasteiger partial charge in [0.1, 0.15) is 13.2 Å². The highest BCUT2D eigenvalue weighted by atomic mass is 16.6. The molecule has 8 heteroatoms. The number of urea groups is 1. The first-order valence-corrected chi connectivity index (χ1v) is 9.50. The van der Waals surface area contributed by atoms with E-state index in [0.717, 1.165) is 19.4 Å². The van der Waals surface area contributed by atoms with Crippen LogP contribution in [0.3, 0.4) is 0 Å². The number of fused-ring (bicyclic) bond motifs is 1. The molecule has 0 unspecified atom stereocenters. The minimum Gasteiger partial charge on any atom is -0.486 e. The highest BCUT2D eigenvalue weighted by Gasteiger charge is 2.37. The average molecular weight is 375 g/mol. The molecule has 4 rings (SSSR count). The maximum atomic E-state index is 12.3. The Morgan fingerprint density at radius 3 is 2.70 bits per heavy atom. The first kappa shape index (κ1) is 17.9. The van der Waals surface area contributed by atoms with Gasteiger partial charge >= 0.3 is 12.0 Å². The molecular formula is C19H25N3O5. The van der Waals surface area contributed by atoms with Crippen LogP contribution in [-0.2, 0) is 4.79 Å². The Balaban J connectivity index is 1.27. The average Bonchev–Trinajstić information content (AvgIpc) is 3.41. The summed E-state index contributed by atoms with van der Waals surface area (Å²) in [5.41, 5.74) is 0.585. The third-order valence-electron chi connectivity index (χ3n) is 5.31. The van der Waals surface area contributed by atoms with Crippen molar-refractivity contribution in [2.24, 2.45) is 5.92 Å². The van der Waals surface area contributed by atoms with Crippen molar-refractivity contribution in [3.63, 3.8) is 0 Å². The standard InChI is InChI=1S/C19H25N3O5/c23-17(24)11-22(10-12-4-5-12)14-8-13(9-14)20-19(25)21-15-2-1-3-16-18(15)27-7-6-26-16/h1-3,12-14H,4-11H2,(H,23,24)(H2,20,21,25). The monoisotopic (exact) mass is 375 g/mol. The number of nitrogens with one attached hydrogen (secondary N) is 2. The van der Waals surface area contributed by atoms with E-state index in [2.05, 4.69) is 15.5 Å². The SMILES string of the molecule is O=C(O)CN(CC1CC1)C1CC(NC(=O)Nc2cccc3c2OCCO3)C1. The molecule has 1 aliphatic heterocycles. The zero-order valence-corrected chi connectivity index (χ0v) is 15.1. The molecule has 2 aliphatic carbocycles. The van der Waals surface area contributed by atoms with Crippen LogP contribution in [-0.4, -0.2) is 60.4 Å². The lowest BCUT2D eigenvalue weighted by atomic mass is 9.85. The highest BCUT2D eigenvalue weighted by Crippen LogP contribution is 2.37. The van der Waals surface area contributed by atoms with Crippen LogP contribution in [0.15, 0.2) is 18.2 Å². The van der Waals surface area contributed by atoms with Gasteiger partial charge in [-0.05, 0) is 43.7 Å². The summed E-state index contributed by atoms with van der Waals surface area (Å²) in [6, 6.07) is 5.40. The fraction of sp³-hybridized carbons (Fsp3) is 0.579. The van der Waals surface area contributed by atoms with E-state index >= 15 is 0 Å². The predicted molar refractivity (Wildman–Crippen MR) is 98.3 cm³/mol. The number of carboxylic acid groups (broad SMARTS) is 1. The summed E-state index contributed by atoms with van der Waals surface area (Å²) < 4.78 is 11.1. The van der Waals surface area contributed by atoms with Crippen LogP contribution in [0.25, 0.3) is 0 Å². The minimum absolute atomic E-state index is 0.0576. The van der Waals surface area contributed by atoms with Gasteiger partial charge in [-0.3, -0.25) is 9.69 Å². The van der Waals surface area contributed by atoms with Crippen LogP contribution in [0.4, 0.5) is 10.5 Å². The Labute approximate surface area is 157 Å². The number of carbonyl (C=O) groups excluding carboxylic acids is 1. The normalized spacial score (nSPS) is 23.4. The van der Waals surface area contributed by atoms with Gasteiger partial charge in [0.15, 0.2) is 11.5 Å². The van der Waals surface area contributed by atoms with E-state index < -0.39 is 5.97 Å². The second kappa shape index (κ2) is 7.64. The molecule has 2 fully saturated rings. The summed E-state index contributed by atoms with van der Waals surface area (Å²) >= 11 is 0. The maximum Gasteiger partial charge on any atom is 0.319 e. The van der Waals surface area contributed by atoms with Crippen molar-refractivity contribution in [3.05, 3.63) is 18.2 Å². The molecule has 0 saturated heterocycles. The fourth-order valence-corrected chi connectivity index (χ4v) is 3.67. The second-order valence-electron chi connectivity index (χ2n) is 7.52. The quantitative estimate of drug-likeness (QED) is 0.673. The summed E-state index contributed by atoms with van der Waals surface area (Å²) in [5.74, 6) is 1.04. The predicted octanol–water partition coefficient (Wildman–Crippen LogP) is 1.91. The summed E-state index contributed by atoms with van der Waals surface area (Å²) in [6.07, 6.45) is 3.94. The van der Waals surface area contributed by atoms with E-state index in [0.29, 0.717) is 36.3 Å². The van der Waals surface area contributed by atoms with E-state index in [-0.39, 0.29) is 24.7 Å². The molecule has 0 atom stereocenters. The smallest absolute Gasteiger partial charge is 0.319 e. The van der Waals surface area contributed by atoms with Crippen LogP contribution in [0.1, 0.15) is 25.7 Å². The zero-order valence-electron chi connectivity index (χ0n) is 15.1. The number of amides is 2. The van der Waals surface area contributed by atoms with Gasteiger partial charge in [-0.25, -0.2) is 4.79 Å². The zero-order chi connectivity index (χ0) is 18.8. The van der Waals surface area contributed by atoms with Crippen molar-refractivity contribution in [2.45, 2.75) is 37.8 Å². The number of ether oxygens (including phenoxy) is 2. The molecule has 1 aromatic rings. The summed E-state index contributed by atoms with van der Waals surface area (Å²) in [6.45, 7) is 1.88. The van der Waals surface area contributed by atoms with Gasteiger partial charge in [0.2, 0.25) is 0 Å². The molecule has 27 heavy (non-hydrogen) atoms. The van der Waals surface area contributed by atoms with Crippen molar-refractivity contribution in [2.75, 3.05) is 31.6 Å². The van der Waals surface area contributed by atoms with E-state index in [1.807, 2.05) is 12.1 Å². The highest BCUT2D eigenvalue weighted by molar-refractivity contribution is 5.91. The number of para-hydroxylation sites is 1. The molecule has 0 aromatic heterocycles. The lowest BCUT2D eigenvalue weighted by Gasteiger charge is -2.42. The molecule has 1 heterocycles. The van der Waals surface area contributed by atoms with Crippen molar-refractivity contribution >= 4 is 17.7 Å². The first-order valence-electron chi connectivity index (χ1n) is 9.50. The molecule has 8 nitrogen and oxygen atoms in total. The van der Waals surface area contributed by atoms with Crippen LogP contribution in [0.2, 0.25) is 0 Å². The lowest BCUT2D eigenvalue weighted by Crippen LogP contribution is -2.55. The van der Waals surface area contributed by atoms with Gasteiger partial charge in [-0.15, -0.1) is 0 Å². The van der Waals surface area contributed by atoms with Crippen molar-refractivity contribution in [3.8, 4) is 11.5 Å². The van der Waals surface area contributed by atoms with E-state index in [4.69, 9.17) is 14.6 Å². The van der Waals surface area contributed by atoms with Gasteiger partial charge in [0.05, 0.1) is 12.2 Å². The number of carboxylic acids is 1. The number of carbonyl (C=O) groups is 2. The topological polar surface area (TPSA) is 100 Å². The molecule has 0 spiro atoms. The molecule has 146 valence electrons. The minimum atomic E-state index is -0.791. The third kappa shape index (κ3) is 4.44. The molecule has 1 aromatic carbocycles. The van der Waals surface area contributed by atoms with Gasteiger partial charge in [-0.1, -0.05) is 6.07 Å². The first-order chi connectivity index (χ1) is 13.1. The number of hydrogen-bond acceptors (Lipinski definition) is 5. The van der Waals surface area contributed by atoms with Gasteiger partial charge in [0.25, 0.3) is 0 Å². The Kier molecular flexibility index (Phi) is 5.07. The summed E-state index contributed by atoms with van der Waals surface area (Å²) in [5, 5.41) is 14.9. The van der Waals surface area contributed by atoms with Crippen LogP contribution < -0.4 is 20.1 Å². The molecule has 3 aliphatic rings. The Bertz CT molecular complexity index is 715. The molecule has 0 radical (unpaired) electrons. The number of benzene rings is 1. The summed E-state index contributed by atoms with van der Waals surface area (Å²) in [7, 11) is 0. The van der Waals surface area contributed by atoms with Crippen LogP contribution >= 0.6 is 0 Å². The van der Waals surface area contributed by atoms with E-state index in [1.54, 1.807) is 6.07 Å². The van der Waals surface area contributed by atoms with Gasteiger partial charge in [-0.2, -0.15) is 0 Å². The maximum absolute atomic E-state index is 12.3. The molecule has 3 N–H and O–H groups in total.